The lowest BCUT2D eigenvalue weighted by molar-refractivity contribution is 0.288. The Morgan fingerprint density at radius 2 is 2.16 bits per heavy atom. The third-order valence-electron chi connectivity index (χ3n) is 4.20. The Labute approximate surface area is 115 Å². The van der Waals surface area contributed by atoms with Gasteiger partial charge >= 0.3 is 0 Å². The number of hydrogen-bond donors (Lipinski definition) is 2. The topological polar surface area (TPSA) is 35.5 Å². The van der Waals surface area contributed by atoms with Gasteiger partial charge in [-0.3, -0.25) is 4.90 Å². The number of anilines is 1. The van der Waals surface area contributed by atoms with Crippen LogP contribution in [0, 0.1) is 0 Å². The Morgan fingerprint density at radius 3 is 2.95 bits per heavy atom. The van der Waals surface area contributed by atoms with Crippen LogP contribution in [-0.4, -0.2) is 41.8 Å². The van der Waals surface area contributed by atoms with Crippen molar-refractivity contribution < 1.29 is 5.11 Å². The summed E-state index contributed by atoms with van der Waals surface area (Å²) in [6.45, 7) is 2.73. The first-order chi connectivity index (χ1) is 9.35. The van der Waals surface area contributed by atoms with Crippen molar-refractivity contribution in [2.75, 3.05) is 25.0 Å². The second-order valence-electron chi connectivity index (χ2n) is 5.88. The summed E-state index contributed by atoms with van der Waals surface area (Å²) in [5.74, 6) is 0. The van der Waals surface area contributed by atoms with Crippen molar-refractivity contribution in [1.29, 1.82) is 0 Å². The van der Waals surface area contributed by atoms with Crippen LogP contribution in [0.15, 0.2) is 24.3 Å². The lowest BCUT2D eigenvalue weighted by Gasteiger charge is -2.17. The number of hydrogen-bond acceptors (Lipinski definition) is 3. The van der Waals surface area contributed by atoms with E-state index in [-0.39, 0.29) is 6.61 Å². The summed E-state index contributed by atoms with van der Waals surface area (Å²) in [5, 5.41) is 12.6. The van der Waals surface area contributed by atoms with E-state index >= 15 is 0 Å². The molecule has 1 aliphatic heterocycles. The maximum Gasteiger partial charge on any atom is 0.0434 e. The molecule has 19 heavy (non-hydrogen) atoms. The molecule has 0 spiro atoms. The van der Waals surface area contributed by atoms with Gasteiger partial charge in [0.05, 0.1) is 0 Å². The number of nitrogens with zero attached hydrogens (tertiary/aromatic N) is 1. The minimum atomic E-state index is 0.274. The van der Waals surface area contributed by atoms with E-state index < -0.39 is 0 Å². The standard InChI is InChI=1S/C16H24N2O/c19-10-2-4-13-3-1-5-14(11-13)17-15-8-9-18(12-15)16-6-7-16/h1,3,5,11,15-17,19H,2,4,6-10,12H2. The van der Waals surface area contributed by atoms with Crippen LogP contribution in [-0.2, 0) is 6.42 Å². The van der Waals surface area contributed by atoms with Gasteiger partial charge in [0.25, 0.3) is 0 Å². The highest BCUT2D eigenvalue weighted by atomic mass is 16.2. The highest BCUT2D eigenvalue weighted by Gasteiger charge is 2.34. The average molecular weight is 260 g/mol. The first-order valence-electron chi connectivity index (χ1n) is 7.55. The van der Waals surface area contributed by atoms with E-state index in [1.54, 1.807) is 0 Å². The monoisotopic (exact) mass is 260 g/mol. The SMILES string of the molecule is OCCCc1cccc(NC2CCN(C3CC3)C2)c1. The minimum absolute atomic E-state index is 0.274. The predicted octanol–water partition coefficient (Wildman–Crippen LogP) is 2.26. The van der Waals surface area contributed by atoms with Crippen LogP contribution >= 0.6 is 0 Å². The highest BCUT2D eigenvalue weighted by molar-refractivity contribution is 5.46. The molecule has 0 amide bonds. The molecule has 1 saturated heterocycles. The molecule has 1 aromatic rings. The van der Waals surface area contributed by atoms with Gasteiger partial charge in [-0.25, -0.2) is 0 Å². The second kappa shape index (κ2) is 5.93. The van der Waals surface area contributed by atoms with Crippen LogP contribution < -0.4 is 5.32 Å². The average Bonchev–Trinajstić information content (AvgIpc) is 3.18. The Bertz CT molecular complexity index is 417. The van der Waals surface area contributed by atoms with Crippen molar-refractivity contribution in [1.82, 2.24) is 4.90 Å². The van der Waals surface area contributed by atoms with E-state index in [0.717, 1.165) is 18.9 Å². The molecule has 3 rings (SSSR count). The minimum Gasteiger partial charge on any atom is -0.396 e. The number of rotatable bonds is 6. The van der Waals surface area contributed by atoms with Gasteiger partial charge < -0.3 is 10.4 Å². The van der Waals surface area contributed by atoms with Crippen LogP contribution in [0.3, 0.4) is 0 Å². The predicted molar refractivity (Wildman–Crippen MR) is 78.5 cm³/mol. The van der Waals surface area contributed by atoms with Crippen molar-refractivity contribution in [3.8, 4) is 0 Å². The Hall–Kier alpha value is -1.06. The molecule has 1 atom stereocenters. The third-order valence-corrected chi connectivity index (χ3v) is 4.20. The van der Waals surface area contributed by atoms with Crippen LogP contribution in [0.1, 0.15) is 31.2 Å². The maximum absolute atomic E-state index is 8.89. The summed E-state index contributed by atoms with van der Waals surface area (Å²) < 4.78 is 0. The molecule has 1 aliphatic carbocycles. The van der Waals surface area contributed by atoms with Crippen molar-refractivity contribution >= 4 is 5.69 Å². The number of likely N-dealkylation sites (tertiary alicyclic amines) is 1. The first-order valence-corrected chi connectivity index (χ1v) is 7.55. The lowest BCUT2D eigenvalue weighted by Crippen LogP contribution is -2.27. The molecule has 3 nitrogen and oxygen atoms in total. The first kappa shape index (κ1) is 12.9. The molecule has 0 bridgehead atoms. The molecular weight excluding hydrogens is 236 g/mol. The Morgan fingerprint density at radius 1 is 1.26 bits per heavy atom. The molecular formula is C16H24N2O. The summed E-state index contributed by atoms with van der Waals surface area (Å²) in [4.78, 5) is 2.63. The van der Waals surface area contributed by atoms with Crippen LogP contribution in [0.25, 0.3) is 0 Å². The molecule has 1 heterocycles. The summed E-state index contributed by atoms with van der Waals surface area (Å²) in [6, 6.07) is 10.1. The van der Waals surface area contributed by atoms with Crippen molar-refractivity contribution in [3.05, 3.63) is 29.8 Å². The number of benzene rings is 1. The zero-order chi connectivity index (χ0) is 13.1. The smallest absolute Gasteiger partial charge is 0.0434 e. The fraction of sp³-hybridized carbons (Fsp3) is 0.625. The molecule has 0 radical (unpaired) electrons. The third kappa shape index (κ3) is 3.48. The summed E-state index contributed by atoms with van der Waals surface area (Å²) in [7, 11) is 0. The van der Waals surface area contributed by atoms with Crippen LogP contribution in [0.4, 0.5) is 5.69 Å². The van der Waals surface area contributed by atoms with E-state index in [1.165, 1.54) is 43.6 Å². The van der Waals surface area contributed by atoms with E-state index in [9.17, 15) is 0 Å². The number of aryl methyl sites for hydroxylation is 1. The van der Waals surface area contributed by atoms with Gasteiger partial charge in [-0.2, -0.15) is 0 Å². The normalized spacial score (nSPS) is 23.7. The molecule has 0 aromatic heterocycles. The van der Waals surface area contributed by atoms with E-state index in [2.05, 4.69) is 34.5 Å². The van der Waals surface area contributed by atoms with Gasteiger partial charge in [-0.05, 0) is 49.8 Å². The van der Waals surface area contributed by atoms with Crippen molar-refractivity contribution in [3.63, 3.8) is 0 Å². The summed E-state index contributed by atoms with van der Waals surface area (Å²) in [5.41, 5.74) is 2.55. The quantitative estimate of drug-likeness (QED) is 0.823. The van der Waals surface area contributed by atoms with Gasteiger partial charge in [-0.15, -0.1) is 0 Å². The number of aliphatic hydroxyl groups excluding tert-OH is 1. The number of nitrogens with one attached hydrogen (secondary N) is 1. The van der Waals surface area contributed by atoms with E-state index in [0.29, 0.717) is 6.04 Å². The molecule has 1 saturated carbocycles. The zero-order valence-corrected chi connectivity index (χ0v) is 11.5. The second-order valence-corrected chi connectivity index (χ2v) is 5.88. The fourth-order valence-corrected chi connectivity index (χ4v) is 3.01. The maximum atomic E-state index is 8.89. The van der Waals surface area contributed by atoms with Gasteiger partial charge in [0.15, 0.2) is 0 Å². The van der Waals surface area contributed by atoms with Gasteiger partial charge in [-0.1, -0.05) is 12.1 Å². The van der Waals surface area contributed by atoms with Gasteiger partial charge in [0.2, 0.25) is 0 Å². The molecule has 1 aromatic carbocycles. The highest BCUT2D eigenvalue weighted by Crippen LogP contribution is 2.30. The lowest BCUT2D eigenvalue weighted by atomic mass is 10.1. The largest absolute Gasteiger partial charge is 0.396 e. The summed E-state index contributed by atoms with van der Waals surface area (Å²) >= 11 is 0. The molecule has 1 unspecified atom stereocenters. The number of aliphatic hydroxyl groups is 1. The Balaban J connectivity index is 1.54. The van der Waals surface area contributed by atoms with E-state index in [1.807, 2.05) is 0 Å². The van der Waals surface area contributed by atoms with Crippen LogP contribution in [0.2, 0.25) is 0 Å². The Kier molecular flexibility index (Phi) is 4.04. The molecule has 2 aliphatic rings. The van der Waals surface area contributed by atoms with Crippen molar-refractivity contribution in [2.45, 2.75) is 44.2 Å². The van der Waals surface area contributed by atoms with E-state index in [4.69, 9.17) is 5.11 Å². The van der Waals surface area contributed by atoms with Gasteiger partial charge in [0, 0.05) is 37.5 Å². The zero-order valence-electron chi connectivity index (χ0n) is 11.5. The molecule has 3 heteroatoms. The molecule has 104 valence electrons. The van der Waals surface area contributed by atoms with Crippen molar-refractivity contribution in [2.24, 2.45) is 0 Å². The fourth-order valence-electron chi connectivity index (χ4n) is 3.01. The van der Waals surface area contributed by atoms with Gasteiger partial charge in [0.1, 0.15) is 0 Å². The molecule has 2 fully saturated rings. The van der Waals surface area contributed by atoms with Crippen LogP contribution in [0.5, 0.6) is 0 Å². The summed E-state index contributed by atoms with van der Waals surface area (Å²) in [6.07, 6.45) is 5.89. The molecule has 2 N–H and O–H groups in total.